The molecule has 15 heavy (non-hydrogen) atoms. The zero-order valence-electron chi connectivity index (χ0n) is 8.08. The number of ether oxygens (including phenoxy) is 2. The highest BCUT2D eigenvalue weighted by atomic mass is 16.5. The van der Waals surface area contributed by atoms with E-state index in [1.54, 1.807) is 6.92 Å². The summed E-state index contributed by atoms with van der Waals surface area (Å²) >= 11 is 0. The van der Waals surface area contributed by atoms with Crippen LogP contribution in [-0.4, -0.2) is 33.9 Å². The van der Waals surface area contributed by atoms with Gasteiger partial charge in [-0.05, 0) is 6.92 Å². The number of nitrogens with two attached hydrogens (primary N) is 1. The maximum absolute atomic E-state index is 10.3. The molecule has 0 spiro atoms. The molecule has 7 heteroatoms. The second-order valence-electron chi connectivity index (χ2n) is 2.78. The van der Waals surface area contributed by atoms with E-state index in [0.717, 1.165) is 0 Å². The van der Waals surface area contributed by atoms with Crippen LogP contribution in [0.25, 0.3) is 0 Å². The van der Waals surface area contributed by atoms with Gasteiger partial charge in [0.05, 0.1) is 18.5 Å². The lowest BCUT2D eigenvalue weighted by Gasteiger charge is -2.06. The van der Waals surface area contributed by atoms with Crippen molar-refractivity contribution in [1.82, 2.24) is 9.97 Å². The standard InChI is InChI=1S/C8H11N3O4/c1-5(12)4-14-8-10-2-6(3-11-8)15-7(9)13/h2-3,5,12H,4H2,1H3,(H2,9,13)/t5-/m0/s1. The monoisotopic (exact) mass is 213 g/mol. The Morgan fingerprint density at radius 1 is 1.60 bits per heavy atom. The van der Waals surface area contributed by atoms with Gasteiger partial charge in [-0.3, -0.25) is 0 Å². The average Bonchev–Trinajstić information content (AvgIpc) is 2.16. The van der Waals surface area contributed by atoms with Crippen molar-refractivity contribution in [3.05, 3.63) is 12.4 Å². The molecule has 0 saturated carbocycles. The number of aliphatic hydroxyl groups is 1. The highest BCUT2D eigenvalue weighted by Gasteiger charge is 2.03. The van der Waals surface area contributed by atoms with Crippen LogP contribution in [-0.2, 0) is 0 Å². The third kappa shape index (κ3) is 4.23. The molecular weight excluding hydrogens is 202 g/mol. The summed E-state index contributed by atoms with van der Waals surface area (Å²) in [5.74, 6) is 0.131. The lowest BCUT2D eigenvalue weighted by molar-refractivity contribution is 0.116. The minimum Gasteiger partial charge on any atom is -0.461 e. The van der Waals surface area contributed by atoms with Crippen LogP contribution in [0.5, 0.6) is 11.8 Å². The molecule has 7 nitrogen and oxygen atoms in total. The Morgan fingerprint density at radius 3 is 2.67 bits per heavy atom. The maximum atomic E-state index is 10.3. The quantitative estimate of drug-likeness (QED) is 0.710. The molecule has 1 heterocycles. The molecule has 3 N–H and O–H groups in total. The van der Waals surface area contributed by atoms with Crippen molar-refractivity contribution < 1.29 is 19.4 Å². The van der Waals surface area contributed by atoms with Gasteiger partial charge in [0.1, 0.15) is 6.61 Å². The van der Waals surface area contributed by atoms with Crippen molar-refractivity contribution in [1.29, 1.82) is 0 Å². The van der Waals surface area contributed by atoms with Crippen LogP contribution in [0.3, 0.4) is 0 Å². The molecule has 0 bridgehead atoms. The topological polar surface area (TPSA) is 108 Å². The van der Waals surface area contributed by atoms with Gasteiger partial charge in [-0.1, -0.05) is 0 Å². The van der Waals surface area contributed by atoms with Gasteiger partial charge in [0.25, 0.3) is 0 Å². The number of hydrogen-bond acceptors (Lipinski definition) is 6. The Kier molecular flexibility index (Phi) is 3.81. The van der Waals surface area contributed by atoms with Gasteiger partial charge in [-0.2, -0.15) is 9.97 Å². The van der Waals surface area contributed by atoms with Gasteiger partial charge < -0.3 is 20.3 Å². The number of amides is 1. The predicted octanol–water partition coefficient (Wildman–Crippen LogP) is -0.306. The van der Waals surface area contributed by atoms with Crippen molar-refractivity contribution >= 4 is 6.09 Å². The number of primary amides is 1. The van der Waals surface area contributed by atoms with Gasteiger partial charge in [-0.15, -0.1) is 0 Å². The van der Waals surface area contributed by atoms with E-state index < -0.39 is 12.2 Å². The van der Waals surface area contributed by atoms with Crippen LogP contribution in [0.2, 0.25) is 0 Å². The molecule has 82 valence electrons. The molecule has 0 unspecified atom stereocenters. The molecule has 0 fully saturated rings. The second kappa shape index (κ2) is 5.11. The van der Waals surface area contributed by atoms with Crippen molar-refractivity contribution in [2.75, 3.05) is 6.61 Å². The first-order valence-electron chi connectivity index (χ1n) is 4.18. The average molecular weight is 213 g/mol. The number of hydrogen-bond donors (Lipinski definition) is 2. The van der Waals surface area contributed by atoms with Crippen LogP contribution in [0.1, 0.15) is 6.92 Å². The van der Waals surface area contributed by atoms with E-state index in [4.69, 9.17) is 15.6 Å². The molecular formula is C8H11N3O4. The smallest absolute Gasteiger partial charge is 0.410 e. The summed E-state index contributed by atoms with van der Waals surface area (Å²) in [5.41, 5.74) is 4.78. The van der Waals surface area contributed by atoms with Crippen LogP contribution in [0, 0.1) is 0 Å². The van der Waals surface area contributed by atoms with Crippen molar-refractivity contribution in [3.63, 3.8) is 0 Å². The van der Waals surface area contributed by atoms with Crippen LogP contribution in [0.4, 0.5) is 4.79 Å². The fraction of sp³-hybridized carbons (Fsp3) is 0.375. The minimum absolute atomic E-state index is 0.0905. The van der Waals surface area contributed by atoms with E-state index in [1.807, 2.05) is 0 Å². The summed E-state index contributed by atoms with van der Waals surface area (Å²) in [4.78, 5) is 17.8. The molecule has 1 rings (SSSR count). The number of aromatic nitrogens is 2. The summed E-state index contributed by atoms with van der Waals surface area (Å²) in [6.07, 6.45) is 0.955. The first-order valence-corrected chi connectivity index (χ1v) is 4.18. The van der Waals surface area contributed by atoms with Crippen molar-refractivity contribution in [2.45, 2.75) is 13.0 Å². The van der Waals surface area contributed by atoms with Crippen LogP contribution < -0.4 is 15.2 Å². The Balaban J connectivity index is 2.52. The summed E-state index contributed by atoms with van der Waals surface area (Å²) in [5, 5.41) is 8.92. The van der Waals surface area contributed by atoms with E-state index >= 15 is 0 Å². The second-order valence-corrected chi connectivity index (χ2v) is 2.78. The van der Waals surface area contributed by atoms with Gasteiger partial charge in [0.15, 0.2) is 5.75 Å². The van der Waals surface area contributed by atoms with E-state index in [-0.39, 0.29) is 18.4 Å². The zero-order chi connectivity index (χ0) is 11.3. The van der Waals surface area contributed by atoms with Gasteiger partial charge >= 0.3 is 12.1 Å². The number of nitrogens with zero attached hydrogens (tertiary/aromatic N) is 2. The Hall–Kier alpha value is -1.89. The largest absolute Gasteiger partial charge is 0.461 e. The highest BCUT2D eigenvalue weighted by Crippen LogP contribution is 2.09. The molecule has 1 aromatic rings. The fourth-order valence-electron chi connectivity index (χ4n) is 0.743. The molecule has 0 radical (unpaired) electrons. The van der Waals surface area contributed by atoms with E-state index in [2.05, 4.69) is 14.7 Å². The number of carbonyl (C=O) groups excluding carboxylic acids is 1. The molecule has 0 aliphatic carbocycles. The summed E-state index contributed by atoms with van der Waals surface area (Å²) < 4.78 is 9.49. The molecule has 1 aromatic heterocycles. The summed E-state index contributed by atoms with van der Waals surface area (Å²) in [6, 6.07) is 0.0905. The Bertz CT molecular complexity index is 325. The Labute approximate surface area is 85.9 Å². The van der Waals surface area contributed by atoms with Crippen molar-refractivity contribution in [3.8, 4) is 11.8 Å². The zero-order valence-corrected chi connectivity index (χ0v) is 8.08. The number of carbonyl (C=O) groups is 1. The first-order chi connectivity index (χ1) is 7.08. The fourth-order valence-corrected chi connectivity index (χ4v) is 0.743. The molecule has 1 amide bonds. The highest BCUT2D eigenvalue weighted by molar-refractivity contribution is 5.67. The van der Waals surface area contributed by atoms with E-state index in [9.17, 15) is 4.79 Å². The van der Waals surface area contributed by atoms with Crippen LogP contribution in [0.15, 0.2) is 12.4 Å². The minimum atomic E-state index is -0.934. The lowest BCUT2D eigenvalue weighted by Crippen LogP contribution is -2.17. The molecule has 0 aromatic carbocycles. The van der Waals surface area contributed by atoms with Gasteiger partial charge in [0.2, 0.25) is 0 Å². The molecule has 0 saturated heterocycles. The lowest BCUT2D eigenvalue weighted by atomic mass is 10.4. The summed E-state index contributed by atoms with van der Waals surface area (Å²) in [7, 11) is 0. The van der Waals surface area contributed by atoms with E-state index in [1.165, 1.54) is 12.4 Å². The van der Waals surface area contributed by atoms with E-state index in [0.29, 0.717) is 0 Å². The van der Waals surface area contributed by atoms with Gasteiger partial charge in [-0.25, -0.2) is 4.79 Å². The molecule has 1 atom stereocenters. The van der Waals surface area contributed by atoms with Crippen molar-refractivity contribution in [2.24, 2.45) is 5.73 Å². The third-order valence-electron chi connectivity index (χ3n) is 1.28. The third-order valence-corrected chi connectivity index (χ3v) is 1.28. The predicted molar refractivity (Wildman–Crippen MR) is 49.4 cm³/mol. The SMILES string of the molecule is C[C@H](O)COc1ncc(OC(N)=O)cn1. The van der Waals surface area contributed by atoms with Gasteiger partial charge in [0, 0.05) is 0 Å². The summed E-state index contributed by atoms with van der Waals surface area (Å²) in [6.45, 7) is 1.67. The molecule has 0 aliphatic heterocycles. The molecule has 0 aliphatic rings. The first kappa shape index (κ1) is 11.2. The Morgan fingerprint density at radius 2 is 2.20 bits per heavy atom. The maximum Gasteiger partial charge on any atom is 0.410 e. The number of rotatable bonds is 4. The van der Waals surface area contributed by atoms with Crippen LogP contribution >= 0.6 is 0 Å². The number of aliphatic hydroxyl groups excluding tert-OH is 1. The normalized spacial score (nSPS) is 11.9.